The maximum absolute atomic E-state index is 12.8. The molecule has 3 N–H and O–H groups in total. The lowest BCUT2D eigenvalue weighted by Crippen LogP contribution is -2.51. The predicted octanol–water partition coefficient (Wildman–Crippen LogP) is 0.405. The Labute approximate surface area is 186 Å². The van der Waals surface area contributed by atoms with Crippen molar-refractivity contribution in [3.05, 3.63) is 24.3 Å². The van der Waals surface area contributed by atoms with Gasteiger partial charge in [-0.15, -0.1) is 0 Å². The summed E-state index contributed by atoms with van der Waals surface area (Å²) in [6.07, 6.45) is 3.83. The van der Waals surface area contributed by atoms with Crippen molar-refractivity contribution in [2.75, 3.05) is 38.2 Å². The van der Waals surface area contributed by atoms with Crippen LogP contribution < -0.4 is 16.1 Å². The minimum absolute atomic E-state index is 0.109. The molecule has 1 saturated carbocycles. The summed E-state index contributed by atoms with van der Waals surface area (Å²) in [6.45, 7) is 1.03. The van der Waals surface area contributed by atoms with Crippen molar-refractivity contribution in [1.29, 1.82) is 0 Å². The minimum atomic E-state index is -3.67. The van der Waals surface area contributed by atoms with Gasteiger partial charge in [0.15, 0.2) is 0 Å². The quantitative estimate of drug-likeness (QED) is 0.517. The summed E-state index contributed by atoms with van der Waals surface area (Å²) >= 11 is 0. The Kier molecular flexibility index (Phi) is 6.35. The number of rotatable bonds is 6. The van der Waals surface area contributed by atoms with Gasteiger partial charge in [0.25, 0.3) is 11.8 Å². The first kappa shape index (κ1) is 22.5. The van der Waals surface area contributed by atoms with E-state index in [1.807, 2.05) is 0 Å². The molecule has 0 bridgehead atoms. The number of hydrogen-bond donors (Lipinski definition) is 3. The molecule has 1 aliphatic carbocycles. The summed E-state index contributed by atoms with van der Waals surface area (Å²) in [5.41, 5.74) is 1.85. The summed E-state index contributed by atoms with van der Waals surface area (Å²) < 4.78 is 32.2. The number of hydrogen-bond acceptors (Lipinski definition) is 7. The van der Waals surface area contributed by atoms with E-state index in [1.54, 1.807) is 12.1 Å². The molecule has 11 nitrogen and oxygen atoms in total. The van der Waals surface area contributed by atoms with Crippen LogP contribution >= 0.6 is 0 Å². The molecule has 2 saturated heterocycles. The average Bonchev–Trinajstić information content (AvgIpc) is 3.02. The summed E-state index contributed by atoms with van der Waals surface area (Å²) in [4.78, 5) is 37.5. The first-order valence-corrected chi connectivity index (χ1v) is 12.1. The molecule has 2 aliphatic heterocycles. The van der Waals surface area contributed by atoms with Gasteiger partial charge in [0.05, 0.1) is 24.7 Å². The van der Waals surface area contributed by atoms with Crippen LogP contribution in [0.2, 0.25) is 0 Å². The number of sulfonamides is 1. The van der Waals surface area contributed by atoms with Crippen molar-refractivity contribution >= 4 is 33.6 Å². The van der Waals surface area contributed by atoms with Crippen LogP contribution in [0.1, 0.15) is 32.1 Å². The number of amides is 4. The number of nitrogens with one attached hydrogen (secondary N) is 3. The van der Waals surface area contributed by atoms with E-state index in [2.05, 4.69) is 16.1 Å². The van der Waals surface area contributed by atoms with E-state index in [1.165, 1.54) is 16.4 Å². The van der Waals surface area contributed by atoms with Gasteiger partial charge in [-0.05, 0) is 31.0 Å². The lowest BCUT2D eigenvalue weighted by atomic mass is 9.82. The number of nitrogens with zero attached hydrogens (tertiary/aromatic N) is 2. The number of carbonyl (C=O) groups is 3. The maximum Gasteiger partial charge on any atom is 0.344 e. The molecule has 174 valence electrons. The molecule has 3 fully saturated rings. The number of urea groups is 1. The van der Waals surface area contributed by atoms with E-state index >= 15 is 0 Å². The molecule has 2 heterocycles. The van der Waals surface area contributed by atoms with Gasteiger partial charge in [-0.1, -0.05) is 25.3 Å². The Morgan fingerprint density at radius 1 is 1.12 bits per heavy atom. The minimum Gasteiger partial charge on any atom is -0.379 e. The van der Waals surface area contributed by atoms with Crippen LogP contribution in [0.5, 0.6) is 0 Å². The second-order valence-corrected chi connectivity index (χ2v) is 10.1. The highest BCUT2D eigenvalue weighted by molar-refractivity contribution is 7.89. The van der Waals surface area contributed by atoms with E-state index in [9.17, 15) is 22.8 Å². The molecule has 0 aromatic heterocycles. The smallest absolute Gasteiger partial charge is 0.344 e. The first-order valence-electron chi connectivity index (χ1n) is 10.7. The van der Waals surface area contributed by atoms with Gasteiger partial charge in [0, 0.05) is 18.8 Å². The third-order valence-corrected chi connectivity index (χ3v) is 7.89. The zero-order valence-electron chi connectivity index (χ0n) is 17.6. The van der Waals surface area contributed by atoms with Crippen LogP contribution in [0.25, 0.3) is 0 Å². The second-order valence-electron chi connectivity index (χ2n) is 8.15. The van der Waals surface area contributed by atoms with E-state index in [0.29, 0.717) is 31.7 Å². The Morgan fingerprint density at radius 3 is 2.56 bits per heavy atom. The van der Waals surface area contributed by atoms with Gasteiger partial charge in [0.2, 0.25) is 10.0 Å². The van der Waals surface area contributed by atoms with Crippen molar-refractivity contribution in [3.63, 3.8) is 0 Å². The molecule has 1 aromatic rings. The average molecular weight is 466 g/mol. The van der Waals surface area contributed by atoms with E-state index in [4.69, 9.17) is 4.74 Å². The predicted molar refractivity (Wildman–Crippen MR) is 114 cm³/mol. The van der Waals surface area contributed by atoms with Gasteiger partial charge < -0.3 is 15.4 Å². The zero-order valence-corrected chi connectivity index (χ0v) is 18.4. The highest BCUT2D eigenvalue weighted by atomic mass is 32.2. The van der Waals surface area contributed by atoms with Gasteiger partial charge in [0.1, 0.15) is 5.54 Å². The Balaban J connectivity index is 1.36. The Morgan fingerprint density at radius 2 is 1.84 bits per heavy atom. The molecular formula is C20H27N5O6S. The molecule has 0 atom stereocenters. The summed E-state index contributed by atoms with van der Waals surface area (Å²) in [5.74, 6) is -1.03. The van der Waals surface area contributed by atoms with Crippen molar-refractivity contribution in [2.45, 2.75) is 42.5 Å². The van der Waals surface area contributed by atoms with Gasteiger partial charge in [-0.2, -0.15) is 9.31 Å². The van der Waals surface area contributed by atoms with Crippen LogP contribution in [0.15, 0.2) is 29.2 Å². The van der Waals surface area contributed by atoms with Crippen LogP contribution in [0, 0.1) is 0 Å². The molecule has 4 amide bonds. The molecule has 1 aromatic carbocycles. The summed E-state index contributed by atoms with van der Waals surface area (Å²) in [6, 6.07) is 5.52. The third kappa shape index (κ3) is 4.43. The Bertz CT molecular complexity index is 1000. The highest BCUT2D eigenvalue weighted by Crippen LogP contribution is 2.33. The number of morpholine rings is 1. The third-order valence-electron chi connectivity index (χ3n) is 6.00. The van der Waals surface area contributed by atoms with E-state index in [-0.39, 0.29) is 24.5 Å². The van der Waals surface area contributed by atoms with Crippen molar-refractivity contribution in [3.8, 4) is 0 Å². The fraction of sp³-hybridized carbons (Fsp3) is 0.550. The van der Waals surface area contributed by atoms with Gasteiger partial charge >= 0.3 is 6.03 Å². The number of hydrazine groups is 1. The lowest BCUT2D eigenvalue weighted by molar-refractivity contribution is -0.139. The number of benzene rings is 1. The normalized spacial score (nSPS) is 21.4. The molecule has 3 aliphatic rings. The summed E-state index contributed by atoms with van der Waals surface area (Å²) in [5, 5.41) is 6.32. The molecule has 32 heavy (non-hydrogen) atoms. The molecule has 1 spiro atoms. The number of carbonyl (C=O) groups excluding carboxylic acids is 3. The fourth-order valence-electron chi connectivity index (χ4n) is 4.27. The largest absolute Gasteiger partial charge is 0.379 e. The van der Waals surface area contributed by atoms with Crippen molar-refractivity contribution < 1.29 is 27.5 Å². The molecule has 0 radical (unpaired) electrons. The fourth-order valence-corrected chi connectivity index (χ4v) is 5.72. The zero-order chi connectivity index (χ0) is 22.8. The monoisotopic (exact) mass is 465 g/mol. The second kappa shape index (κ2) is 9.04. The molecule has 4 rings (SSSR count). The Hall–Kier alpha value is -2.70. The number of anilines is 1. The first-order chi connectivity index (χ1) is 15.3. The number of ether oxygens (including phenoxy) is 1. The van der Waals surface area contributed by atoms with Crippen molar-refractivity contribution in [1.82, 2.24) is 20.1 Å². The molecule has 12 heteroatoms. The van der Waals surface area contributed by atoms with E-state index < -0.39 is 33.4 Å². The van der Waals surface area contributed by atoms with Crippen LogP contribution in [-0.4, -0.2) is 74.0 Å². The number of imide groups is 1. The van der Waals surface area contributed by atoms with Crippen LogP contribution in [-0.2, 0) is 24.3 Å². The topological polar surface area (TPSA) is 137 Å². The van der Waals surface area contributed by atoms with Gasteiger partial charge in [-0.3, -0.25) is 15.0 Å². The lowest BCUT2D eigenvalue weighted by Gasteiger charge is -2.30. The molecular weight excluding hydrogens is 438 g/mol. The van der Waals surface area contributed by atoms with Crippen LogP contribution in [0.3, 0.4) is 0 Å². The highest BCUT2D eigenvalue weighted by Gasteiger charge is 2.52. The van der Waals surface area contributed by atoms with Crippen molar-refractivity contribution in [2.24, 2.45) is 0 Å². The van der Waals surface area contributed by atoms with E-state index in [0.717, 1.165) is 24.3 Å². The summed E-state index contributed by atoms with van der Waals surface area (Å²) in [7, 11) is -3.67. The van der Waals surface area contributed by atoms with Gasteiger partial charge in [-0.25, -0.2) is 13.2 Å². The van der Waals surface area contributed by atoms with Crippen LogP contribution in [0.4, 0.5) is 10.5 Å². The molecule has 0 unspecified atom stereocenters. The maximum atomic E-state index is 12.8. The standard InChI is InChI=1S/C20H27N5O6S/c26-17(23-25-18(27)20(22-19(25)28)7-2-1-3-8-20)14-21-15-5-4-6-16(13-15)32(29,30)24-9-11-31-12-10-24/h4-6,13,21H,1-3,7-12,14H2,(H,22,28)(H,23,26). The SMILES string of the molecule is O=C(CNc1cccc(S(=O)(=O)N2CCOCC2)c1)NN1C(=O)NC2(CCCCC2)C1=O.